The Kier molecular flexibility index (Phi) is 11.0. The Morgan fingerprint density at radius 3 is 2.71 bits per heavy atom. The first-order valence-electron chi connectivity index (χ1n) is 6.94. The van der Waals surface area contributed by atoms with Gasteiger partial charge in [-0.1, -0.05) is 6.42 Å². The van der Waals surface area contributed by atoms with Crippen LogP contribution in [0.25, 0.3) is 0 Å². The van der Waals surface area contributed by atoms with Crippen LogP contribution < -0.4 is 11.1 Å². The molecule has 5 nitrogen and oxygen atoms in total. The lowest BCUT2D eigenvalue weighted by Gasteiger charge is -2.25. The van der Waals surface area contributed by atoms with E-state index >= 15 is 0 Å². The molecule has 0 atom stereocenters. The highest BCUT2D eigenvalue weighted by Crippen LogP contribution is 2.19. The summed E-state index contributed by atoms with van der Waals surface area (Å²) >= 11 is 1.50. The second-order valence-corrected chi connectivity index (χ2v) is 5.78. The standard InChI is InChI=1S/C13H22N4OS.2ClH/c14-6-4-5-12(18)16-13-15-11(10-19-13)9-17-7-2-1-3-8-17;;/h10H,1-9,14H2,(H,15,16,18);2*1H. The predicted molar refractivity (Wildman–Crippen MR) is 92.7 cm³/mol. The van der Waals surface area contributed by atoms with E-state index in [-0.39, 0.29) is 30.7 Å². The Labute approximate surface area is 142 Å². The van der Waals surface area contributed by atoms with Crippen LogP contribution in [0.2, 0.25) is 0 Å². The van der Waals surface area contributed by atoms with E-state index in [1.54, 1.807) is 0 Å². The molecule has 1 saturated heterocycles. The van der Waals surface area contributed by atoms with Gasteiger partial charge in [0.15, 0.2) is 5.13 Å². The van der Waals surface area contributed by atoms with E-state index in [0.29, 0.717) is 18.1 Å². The average Bonchev–Trinajstić information content (AvgIpc) is 2.85. The van der Waals surface area contributed by atoms with Crippen molar-refractivity contribution in [2.24, 2.45) is 5.73 Å². The first kappa shape index (κ1) is 20.6. The zero-order chi connectivity index (χ0) is 13.5. The van der Waals surface area contributed by atoms with E-state index in [4.69, 9.17) is 5.73 Å². The van der Waals surface area contributed by atoms with Gasteiger partial charge in [-0.05, 0) is 38.9 Å². The molecule has 1 aliphatic rings. The molecule has 1 amide bonds. The lowest BCUT2D eigenvalue weighted by Crippen LogP contribution is -2.29. The third-order valence-electron chi connectivity index (χ3n) is 3.24. The summed E-state index contributed by atoms with van der Waals surface area (Å²) in [7, 11) is 0. The maximum atomic E-state index is 11.6. The molecule has 1 fully saturated rings. The van der Waals surface area contributed by atoms with E-state index in [1.165, 1.54) is 30.6 Å². The van der Waals surface area contributed by atoms with Crippen molar-refractivity contribution in [3.05, 3.63) is 11.1 Å². The molecule has 3 N–H and O–H groups in total. The number of amides is 1. The van der Waals surface area contributed by atoms with Gasteiger partial charge in [-0.15, -0.1) is 36.2 Å². The first-order valence-corrected chi connectivity index (χ1v) is 7.82. The molecule has 8 heteroatoms. The highest BCUT2D eigenvalue weighted by atomic mass is 35.5. The number of rotatable bonds is 6. The van der Waals surface area contributed by atoms with Crippen LogP contribution in [0.4, 0.5) is 5.13 Å². The minimum atomic E-state index is 0. The molecule has 2 rings (SSSR count). The number of nitrogens with one attached hydrogen (secondary N) is 1. The van der Waals surface area contributed by atoms with E-state index in [0.717, 1.165) is 31.7 Å². The molecule has 122 valence electrons. The van der Waals surface area contributed by atoms with Crippen molar-refractivity contribution < 1.29 is 4.79 Å². The summed E-state index contributed by atoms with van der Waals surface area (Å²) in [6.45, 7) is 3.77. The van der Waals surface area contributed by atoms with Crippen molar-refractivity contribution in [3.63, 3.8) is 0 Å². The number of hydrogen-bond acceptors (Lipinski definition) is 5. The Morgan fingerprint density at radius 1 is 1.33 bits per heavy atom. The van der Waals surface area contributed by atoms with Gasteiger partial charge in [-0.25, -0.2) is 4.98 Å². The Balaban J connectivity index is 0.00000200. The first-order chi connectivity index (χ1) is 9.28. The summed E-state index contributed by atoms with van der Waals surface area (Å²) in [4.78, 5) is 18.5. The molecule has 1 aliphatic heterocycles. The third-order valence-corrected chi connectivity index (χ3v) is 4.05. The van der Waals surface area contributed by atoms with Crippen molar-refractivity contribution in [1.82, 2.24) is 9.88 Å². The summed E-state index contributed by atoms with van der Waals surface area (Å²) in [6, 6.07) is 0. The zero-order valence-corrected chi connectivity index (χ0v) is 14.5. The van der Waals surface area contributed by atoms with Gasteiger partial charge in [-0.2, -0.15) is 0 Å². The van der Waals surface area contributed by atoms with Crippen LogP contribution in [0.1, 0.15) is 37.8 Å². The number of halogens is 2. The Bertz CT molecular complexity index is 411. The minimum absolute atomic E-state index is 0. The maximum absolute atomic E-state index is 11.6. The van der Waals surface area contributed by atoms with Crippen LogP contribution in [-0.2, 0) is 11.3 Å². The van der Waals surface area contributed by atoms with Crippen LogP contribution in [0.3, 0.4) is 0 Å². The smallest absolute Gasteiger partial charge is 0.226 e. The molecular formula is C13H24Cl2N4OS. The molecular weight excluding hydrogens is 331 g/mol. The molecule has 0 unspecified atom stereocenters. The molecule has 0 saturated carbocycles. The molecule has 0 spiro atoms. The second-order valence-electron chi connectivity index (χ2n) is 4.92. The van der Waals surface area contributed by atoms with Gasteiger partial charge in [0.1, 0.15) is 0 Å². The third kappa shape index (κ3) is 7.42. The summed E-state index contributed by atoms with van der Waals surface area (Å²) in [5, 5.41) is 5.57. The lowest BCUT2D eigenvalue weighted by molar-refractivity contribution is -0.116. The molecule has 2 heterocycles. The van der Waals surface area contributed by atoms with Gasteiger partial charge in [0.2, 0.25) is 5.91 Å². The fourth-order valence-electron chi connectivity index (χ4n) is 2.23. The summed E-state index contributed by atoms with van der Waals surface area (Å²) in [6.07, 6.45) is 5.10. The number of thiazole rings is 1. The van der Waals surface area contributed by atoms with Crippen molar-refractivity contribution in [2.75, 3.05) is 25.0 Å². The minimum Gasteiger partial charge on any atom is -0.330 e. The number of hydrogen-bond donors (Lipinski definition) is 2. The van der Waals surface area contributed by atoms with Gasteiger partial charge < -0.3 is 11.1 Å². The topological polar surface area (TPSA) is 71.2 Å². The van der Waals surface area contributed by atoms with E-state index in [9.17, 15) is 4.79 Å². The van der Waals surface area contributed by atoms with Crippen molar-refractivity contribution >= 4 is 47.2 Å². The molecule has 21 heavy (non-hydrogen) atoms. The maximum Gasteiger partial charge on any atom is 0.226 e. The van der Waals surface area contributed by atoms with Gasteiger partial charge in [0, 0.05) is 18.3 Å². The van der Waals surface area contributed by atoms with Crippen molar-refractivity contribution in [3.8, 4) is 0 Å². The number of likely N-dealkylation sites (tertiary alicyclic amines) is 1. The van der Waals surface area contributed by atoms with Crippen LogP contribution >= 0.6 is 36.2 Å². The monoisotopic (exact) mass is 354 g/mol. The largest absolute Gasteiger partial charge is 0.330 e. The Morgan fingerprint density at radius 2 is 2.05 bits per heavy atom. The number of nitrogens with two attached hydrogens (primary N) is 1. The highest BCUT2D eigenvalue weighted by molar-refractivity contribution is 7.13. The molecule has 0 aromatic carbocycles. The fraction of sp³-hybridized carbons (Fsp3) is 0.692. The summed E-state index contributed by atoms with van der Waals surface area (Å²) in [5.41, 5.74) is 6.44. The predicted octanol–water partition coefficient (Wildman–Crippen LogP) is 2.65. The number of carbonyl (C=O) groups is 1. The summed E-state index contributed by atoms with van der Waals surface area (Å²) < 4.78 is 0. The van der Waals surface area contributed by atoms with E-state index in [1.807, 2.05) is 5.38 Å². The lowest BCUT2D eigenvalue weighted by atomic mass is 10.1. The average molecular weight is 355 g/mol. The van der Waals surface area contributed by atoms with Crippen LogP contribution in [0.15, 0.2) is 5.38 Å². The Hall–Kier alpha value is -0.400. The normalized spacial score (nSPS) is 14.9. The highest BCUT2D eigenvalue weighted by Gasteiger charge is 2.13. The van der Waals surface area contributed by atoms with Crippen molar-refractivity contribution in [1.29, 1.82) is 0 Å². The molecule has 0 aliphatic carbocycles. The van der Waals surface area contributed by atoms with Gasteiger partial charge in [0.25, 0.3) is 0 Å². The number of carbonyl (C=O) groups excluding carboxylic acids is 1. The number of nitrogens with zero attached hydrogens (tertiary/aromatic N) is 2. The van der Waals surface area contributed by atoms with E-state index in [2.05, 4.69) is 15.2 Å². The van der Waals surface area contributed by atoms with Gasteiger partial charge in [-0.3, -0.25) is 9.69 Å². The van der Waals surface area contributed by atoms with Crippen LogP contribution in [0.5, 0.6) is 0 Å². The fourth-order valence-corrected chi connectivity index (χ4v) is 2.95. The van der Waals surface area contributed by atoms with Crippen LogP contribution in [0, 0.1) is 0 Å². The number of piperidine rings is 1. The SMILES string of the molecule is Cl.Cl.NCCCC(=O)Nc1nc(CN2CCCCC2)cs1. The molecule has 1 aromatic rings. The second kappa shape index (κ2) is 11.2. The summed E-state index contributed by atoms with van der Waals surface area (Å²) in [5.74, 6) is 0.00400. The van der Waals surface area contributed by atoms with Crippen LogP contribution in [-0.4, -0.2) is 35.4 Å². The van der Waals surface area contributed by atoms with E-state index < -0.39 is 0 Å². The zero-order valence-electron chi connectivity index (χ0n) is 12.0. The van der Waals surface area contributed by atoms with Gasteiger partial charge >= 0.3 is 0 Å². The molecule has 1 aromatic heterocycles. The number of aromatic nitrogens is 1. The van der Waals surface area contributed by atoms with Gasteiger partial charge in [0.05, 0.1) is 5.69 Å². The number of anilines is 1. The molecule has 0 radical (unpaired) electrons. The molecule has 0 bridgehead atoms. The quantitative estimate of drug-likeness (QED) is 0.823. The van der Waals surface area contributed by atoms with Crippen molar-refractivity contribution in [2.45, 2.75) is 38.6 Å².